The fourth-order valence-corrected chi connectivity index (χ4v) is 3.14. The first-order valence-corrected chi connectivity index (χ1v) is 7.44. The lowest BCUT2D eigenvalue weighted by Crippen LogP contribution is -2.18. The maximum atomic E-state index is 9.78. The van der Waals surface area contributed by atoms with E-state index in [-0.39, 0.29) is 5.41 Å². The van der Waals surface area contributed by atoms with E-state index in [9.17, 15) is 5.26 Å². The molecule has 0 spiro atoms. The van der Waals surface area contributed by atoms with E-state index in [1.54, 1.807) is 0 Å². The topological polar surface area (TPSA) is 23.8 Å². The third-order valence-corrected chi connectivity index (χ3v) is 4.61. The number of nitriles is 1. The lowest BCUT2D eigenvalue weighted by atomic mass is 9.75. The van der Waals surface area contributed by atoms with Gasteiger partial charge in [-0.05, 0) is 33.6 Å². The number of hydrogen-bond acceptors (Lipinski definition) is 1. The van der Waals surface area contributed by atoms with Crippen molar-refractivity contribution in [2.24, 2.45) is 0 Å². The second-order valence-corrected chi connectivity index (χ2v) is 6.19. The minimum absolute atomic E-state index is 0.0191. The van der Waals surface area contributed by atoms with Crippen LogP contribution in [0.4, 0.5) is 0 Å². The van der Waals surface area contributed by atoms with Crippen molar-refractivity contribution >= 4 is 21.5 Å². The van der Waals surface area contributed by atoms with Crippen molar-refractivity contribution in [3.05, 3.63) is 59.7 Å². The summed E-state index contributed by atoms with van der Waals surface area (Å²) in [4.78, 5) is 0. The molecule has 0 N–H and O–H groups in total. The van der Waals surface area contributed by atoms with Crippen LogP contribution in [0.15, 0.2) is 48.5 Å². The standard InChI is InChI=1S/C20H19N/c1-4-20(2,3)19-17-12-8-7-10-15(17)14-9-5-6-11-16(14)18(19)13-21/h5-12H,4H2,1-3H3. The quantitative estimate of drug-likeness (QED) is 0.561. The molecular formula is C20H19N. The van der Waals surface area contributed by atoms with Gasteiger partial charge in [0.25, 0.3) is 0 Å². The number of hydrogen-bond donors (Lipinski definition) is 0. The van der Waals surface area contributed by atoms with E-state index in [2.05, 4.69) is 63.2 Å². The summed E-state index contributed by atoms with van der Waals surface area (Å²) >= 11 is 0. The van der Waals surface area contributed by atoms with Gasteiger partial charge in [0.1, 0.15) is 6.07 Å². The molecule has 3 aromatic carbocycles. The minimum Gasteiger partial charge on any atom is -0.192 e. The van der Waals surface area contributed by atoms with E-state index >= 15 is 0 Å². The summed E-state index contributed by atoms with van der Waals surface area (Å²) in [6, 6.07) is 19.2. The Balaban J connectivity index is 2.63. The van der Waals surface area contributed by atoms with Crippen LogP contribution in [0, 0.1) is 11.3 Å². The molecule has 0 saturated carbocycles. The zero-order valence-electron chi connectivity index (χ0n) is 12.8. The summed E-state index contributed by atoms with van der Waals surface area (Å²) < 4.78 is 0. The number of benzene rings is 3. The van der Waals surface area contributed by atoms with Gasteiger partial charge in [-0.1, -0.05) is 69.3 Å². The highest BCUT2D eigenvalue weighted by Gasteiger charge is 2.26. The van der Waals surface area contributed by atoms with Gasteiger partial charge in [0.15, 0.2) is 0 Å². The van der Waals surface area contributed by atoms with Crippen LogP contribution >= 0.6 is 0 Å². The van der Waals surface area contributed by atoms with E-state index in [0.717, 1.165) is 17.4 Å². The number of rotatable bonds is 2. The third kappa shape index (κ3) is 1.99. The lowest BCUT2D eigenvalue weighted by Gasteiger charge is -2.27. The molecule has 1 heteroatoms. The summed E-state index contributed by atoms with van der Waals surface area (Å²) in [5.74, 6) is 0. The van der Waals surface area contributed by atoms with Gasteiger partial charge in [-0.25, -0.2) is 0 Å². The SMILES string of the molecule is CCC(C)(C)c1c(C#N)c2ccccc2c2ccccc12. The average Bonchev–Trinajstić information content (AvgIpc) is 2.53. The van der Waals surface area contributed by atoms with Gasteiger partial charge in [-0.15, -0.1) is 0 Å². The normalized spacial score (nSPS) is 11.7. The van der Waals surface area contributed by atoms with Crippen molar-refractivity contribution in [1.82, 2.24) is 0 Å². The van der Waals surface area contributed by atoms with Crippen LogP contribution in [0.1, 0.15) is 38.3 Å². The van der Waals surface area contributed by atoms with Crippen molar-refractivity contribution in [1.29, 1.82) is 5.26 Å². The second-order valence-electron chi connectivity index (χ2n) is 6.19. The molecule has 0 saturated heterocycles. The molecule has 0 bridgehead atoms. The van der Waals surface area contributed by atoms with E-state index in [1.807, 2.05) is 12.1 Å². The summed E-state index contributed by atoms with van der Waals surface area (Å²) in [6.07, 6.45) is 1.00. The van der Waals surface area contributed by atoms with Crippen molar-refractivity contribution in [2.45, 2.75) is 32.6 Å². The molecule has 0 heterocycles. The molecule has 0 aliphatic rings. The molecular weight excluding hydrogens is 254 g/mol. The summed E-state index contributed by atoms with van der Waals surface area (Å²) in [6.45, 7) is 6.64. The van der Waals surface area contributed by atoms with Gasteiger partial charge in [0, 0.05) is 5.39 Å². The predicted molar refractivity (Wildman–Crippen MR) is 89.5 cm³/mol. The van der Waals surface area contributed by atoms with E-state index < -0.39 is 0 Å². The molecule has 1 nitrogen and oxygen atoms in total. The van der Waals surface area contributed by atoms with Crippen molar-refractivity contribution in [3.8, 4) is 6.07 Å². The zero-order valence-corrected chi connectivity index (χ0v) is 12.8. The summed E-state index contributed by atoms with van der Waals surface area (Å²) in [5.41, 5.74) is 1.99. The molecule has 0 fully saturated rings. The summed E-state index contributed by atoms with van der Waals surface area (Å²) in [7, 11) is 0. The highest BCUT2D eigenvalue weighted by Crippen LogP contribution is 2.40. The Bertz CT molecular complexity index is 866. The van der Waals surface area contributed by atoms with Crippen LogP contribution < -0.4 is 0 Å². The minimum atomic E-state index is -0.0191. The molecule has 3 rings (SSSR count). The van der Waals surface area contributed by atoms with Crippen LogP contribution in [0.3, 0.4) is 0 Å². The van der Waals surface area contributed by atoms with Gasteiger partial charge < -0.3 is 0 Å². The van der Waals surface area contributed by atoms with Crippen LogP contribution in [0.5, 0.6) is 0 Å². The van der Waals surface area contributed by atoms with Gasteiger partial charge in [-0.2, -0.15) is 5.26 Å². The highest BCUT2D eigenvalue weighted by molar-refractivity contribution is 6.12. The van der Waals surface area contributed by atoms with Crippen LogP contribution in [-0.2, 0) is 5.41 Å². The largest absolute Gasteiger partial charge is 0.192 e. The second kappa shape index (κ2) is 4.90. The molecule has 0 aliphatic heterocycles. The fraction of sp³-hybridized carbons (Fsp3) is 0.250. The van der Waals surface area contributed by atoms with E-state index in [4.69, 9.17) is 0 Å². The number of fused-ring (bicyclic) bond motifs is 3. The smallest absolute Gasteiger partial charge is 0.100 e. The third-order valence-electron chi connectivity index (χ3n) is 4.61. The molecule has 0 amide bonds. The molecule has 21 heavy (non-hydrogen) atoms. The van der Waals surface area contributed by atoms with E-state index in [1.165, 1.54) is 21.7 Å². The molecule has 0 aromatic heterocycles. The van der Waals surface area contributed by atoms with Gasteiger partial charge in [0.05, 0.1) is 5.56 Å². The van der Waals surface area contributed by atoms with Gasteiger partial charge >= 0.3 is 0 Å². The van der Waals surface area contributed by atoms with Crippen LogP contribution in [0.2, 0.25) is 0 Å². The molecule has 0 radical (unpaired) electrons. The lowest BCUT2D eigenvalue weighted by molar-refractivity contribution is 0.510. The Morgan fingerprint density at radius 1 is 0.857 bits per heavy atom. The Morgan fingerprint density at radius 2 is 1.33 bits per heavy atom. The van der Waals surface area contributed by atoms with Crippen molar-refractivity contribution in [2.75, 3.05) is 0 Å². The first-order valence-electron chi connectivity index (χ1n) is 7.44. The van der Waals surface area contributed by atoms with Crippen molar-refractivity contribution in [3.63, 3.8) is 0 Å². The monoisotopic (exact) mass is 273 g/mol. The predicted octanol–water partition coefficient (Wildman–Crippen LogP) is 5.55. The highest BCUT2D eigenvalue weighted by atomic mass is 14.3. The number of nitrogens with zero attached hydrogens (tertiary/aromatic N) is 1. The van der Waals surface area contributed by atoms with E-state index in [0.29, 0.717) is 0 Å². The zero-order chi connectivity index (χ0) is 15.0. The van der Waals surface area contributed by atoms with Crippen LogP contribution in [-0.4, -0.2) is 0 Å². The van der Waals surface area contributed by atoms with Crippen LogP contribution in [0.25, 0.3) is 21.5 Å². The molecule has 3 aromatic rings. The van der Waals surface area contributed by atoms with Gasteiger partial charge in [-0.3, -0.25) is 0 Å². The first-order chi connectivity index (χ1) is 10.1. The molecule has 0 aliphatic carbocycles. The maximum absolute atomic E-state index is 9.78. The van der Waals surface area contributed by atoms with Gasteiger partial charge in [0.2, 0.25) is 0 Å². The fourth-order valence-electron chi connectivity index (χ4n) is 3.14. The Hall–Kier alpha value is -2.33. The Kier molecular flexibility index (Phi) is 3.18. The summed E-state index contributed by atoms with van der Waals surface area (Å²) in [5, 5.41) is 14.5. The average molecular weight is 273 g/mol. The molecule has 0 unspecified atom stereocenters. The molecule has 104 valence electrons. The molecule has 0 atom stereocenters. The Morgan fingerprint density at radius 3 is 1.86 bits per heavy atom. The van der Waals surface area contributed by atoms with Crippen molar-refractivity contribution < 1.29 is 0 Å². The Labute approximate surface area is 125 Å². The maximum Gasteiger partial charge on any atom is 0.100 e. The first kappa shape index (κ1) is 13.6.